The lowest BCUT2D eigenvalue weighted by Gasteiger charge is -2.27. The molecule has 0 spiro atoms. The molecule has 0 aromatic carbocycles. The second-order valence-corrected chi connectivity index (χ2v) is 6.79. The first-order valence-corrected chi connectivity index (χ1v) is 9.40. The highest BCUT2D eigenvalue weighted by Crippen LogP contribution is 2.35. The summed E-state index contributed by atoms with van der Waals surface area (Å²) in [6, 6.07) is 3.75. The fourth-order valence-corrected chi connectivity index (χ4v) is 2.88. The van der Waals surface area contributed by atoms with Gasteiger partial charge in [-0.25, -0.2) is 4.98 Å². The van der Waals surface area contributed by atoms with Crippen LogP contribution in [0.2, 0.25) is 0 Å². The Kier molecular flexibility index (Phi) is 6.56. The molecule has 160 valence electrons. The van der Waals surface area contributed by atoms with Gasteiger partial charge in [-0.2, -0.15) is 13.2 Å². The maximum atomic E-state index is 13.7. The van der Waals surface area contributed by atoms with Crippen LogP contribution in [0.25, 0.3) is 5.57 Å². The van der Waals surface area contributed by atoms with Gasteiger partial charge in [0.15, 0.2) is 0 Å². The molecule has 30 heavy (non-hydrogen) atoms. The third-order valence-corrected chi connectivity index (χ3v) is 4.48. The number of rotatable bonds is 7. The smallest absolute Gasteiger partial charge is 0.404 e. The normalized spacial score (nSPS) is 15.4. The first kappa shape index (κ1) is 21.6. The van der Waals surface area contributed by atoms with Crippen molar-refractivity contribution in [2.45, 2.75) is 32.1 Å². The number of alkyl halides is 3. The van der Waals surface area contributed by atoms with E-state index in [4.69, 9.17) is 10.5 Å². The Labute approximate surface area is 171 Å². The Morgan fingerprint density at radius 3 is 2.80 bits per heavy atom. The van der Waals surface area contributed by atoms with Crippen LogP contribution in [0.1, 0.15) is 24.5 Å². The summed E-state index contributed by atoms with van der Waals surface area (Å²) >= 11 is 0. The van der Waals surface area contributed by atoms with Gasteiger partial charge in [0, 0.05) is 48.6 Å². The van der Waals surface area contributed by atoms with Gasteiger partial charge in [-0.05, 0) is 18.6 Å². The molecule has 0 atom stereocenters. The molecule has 3 heterocycles. The summed E-state index contributed by atoms with van der Waals surface area (Å²) in [5.74, 6) is 0.110. The van der Waals surface area contributed by atoms with Crippen LogP contribution in [0.4, 0.5) is 24.7 Å². The highest BCUT2D eigenvalue weighted by Gasteiger charge is 2.35. The van der Waals surface area contributed by atoms with E-state index in [0.717, 1.165) is 24.9 Å². The Morgan fingerprint density at radius 1 is 1.43 bits per heavy atom. The minimum atomic E-state index is -4.61. The Morgan fingerprint density at radius 2 is 2.20 bits per heavy atom. The number of anilines is 1. The van der Waals surface area contributed by atoms with E-state index >= 15 is 0 Å². The summed E-state index contributed by atoms with van der Waals surface area (Å²) in [6.07, 6.45) is 1.09. The van der Waals surface area contributed by atoms with E-state index in [-0.39, 0.29) is 28.6 Å². The van der Waals surface area contributed by atoms with Crippen molar-refractivity contribution in [1.29, 1.82) is 0 Å². The molecule has 0 unspecified atom stereocenters. The van der Waals surface area contributed by atoms with Crippen molar-refractivity contribution >= 4 is 23.3 Å². The summed E-state index contributed by atoms with van der Waals surface area (Å²) in [4.78, 5) is 20.1. The molecule has 0 saturated carbocycles. The molecule has 1 aliphatic heterocycles. The maximum Gasteiger partial charge on any atom is 0.417 e. The third kappa shape index (κ3) is 5.07. The van der Waals surface area contributed by atoms with Crippen molar-refractivity contribution in [2.75, 3.05) is 18.5 Å². The number of allylic oxidation sites excluding steroid dienone is 1. The molecule has 0 amide bonds. The van der Waals surface area contributed by atoms with Crippen LogP contribution in [-0.2, 0) is 17.5 Å². The molecular weight excluding hydrogens is 399 g/mol. The number of hydrogen-bond acceptors (Lipinski definition) is 6. The van der Waals surface area contributed by atoms with Gasteiger partial charge in [-0.15, -0.1) is 0 Å². The molecule has 2 aromatic heterocycles. The fraction of sp³-hybridized carbons (Fsp3) is 0.350. The summed E-state index contributed by atoms with van der Waals surface area (Å²) in [6.45, 7) is 3.29. The molecule has 0 bridgehead atoms. The molecule has 0 aliphatic carbocycles. The minimum absolute atomic E-state index is 0.0570. The molecule has 1 aliphatic rings. The molecule has 2 aromatic rings. The van der Waals surface area contributed by atoms with Gasteiger partial charge in [0.05, 0.1) is 30.5 Å². The number of aryl methyl sites for hydroxylation is 1. The molecule has 1 saturated heterocycles. The molecule has 10 heteroatoms. The predicted octanol–water partition coefficient (Wildman–Crippen LogP) is 3.18. The van der Waals surface area contributed by atoms with Crippen molar-refractivity contribution in [3.8, 4) is 0 Å². The number of ether oxygens (including phenoxy) is 1. The van der Waals surface area contributed by atoms with Gasteiger partial charge < -0.3 is 20.4 Å². The average molecular weight is 421 g/mol. The first-order valence-electron chi connectivity index (χ1n) is 9.40. The molecule has 3 N–H and O–H groups in total. The van der Waals surface area contributed by atoms with E-state index in [0.29, 0.717) is 25.4 Å². The van der Waals surface area contributed by atoms with Crippen molar-refractivity contribution in [1.82, 2.24) is 9.55 Å². The summed E-state index contributed by atoms with van der Waals surface area (Å²) in [5, 5.41) is 2.90. The van der Waals surface area contributed by atoms with Crippen LogP contribution in [-0.4, -0.2) is 35.0 Å². The zero-order chi connectivity index (χ0) is 21.7. The number of pyridine rings is 2. The number of nitrogens with zero attached hydrogens (tertiary/aromatic N) is 3. The van der Waals surface area contributed by atoms with Crippen molar-refractivity contribution in [3.05, 3.63) is 58.3 Å². The van der Waals surface area contributed by atoms with Crippen LogP contribution >= 0.6 is 0 Å². The van der Waals surface area contributed by atoms with Crippen LogP contribution in [0.3, 0.4) is 0 Å². The third-order valence-electron chi connectivity index (χ3n) is 4.48. The monoisotopic (exact) mass is 421 g/mol. The average Bonchev–Trinajstić information content (AvgIpc) is 2.67. The van der Waals surface area contributed by atoms with Crippen LogP contribution in [0.5, 0.6) is 0 Å². The van der Waals surface area contributed by atoms with Gasteiger partial charge in [0.1, 0.15) is 5.82 Å². The first-order chi connectivity index (χ1) is 14.3. The number of halogens is 3. The van der Waals surface area contributed by atoms with Crippen LogP contribution < -0.4 is 16.6 Å². The standard InChI is InChI=1S/C20H22F3N5O2/c1-2-5-28-10-14(3-4-19(28)29)25-8-13(7-24)16-9-26-18(27-15-11-30-12-15)6-17(16)20(21,22)23/h3-4,6-10,15H,2,5,11-12,24H2,1H3,(H,26,27). The lowest BCUT2D eigenvalue weighted by Crippen LogP contribution is -2.40. The second-order valence-electron chi connectivity index (χ2n) is 6.79. The Balaban J connectivity index is 1.91. The van der Waals surface area contributed by atoms with Crippen LogP contribution in [0, 0.1) is 0 Å². The largest absolute Gasteiger partial charge is 0.417 e. The minimum Gasteiger partial charge on any atom is -0.404 e. The van der Waals surface area contributed by atoms with E-state index in [2.05, 4.69) is 15.3 Å². The Hall–Kier alpha value is -3.14. The molecule has 7 nitrogen and oxygen atoms in total. The molecular formula is C20H22F3N5O2. The molecule has 0 radical (unpaired) electrons. The quantitative estimate of drug-likeness (QED) is 0.670. The van der Waals surface area contributed by atoms with Gasteiger partial charge in [0.2, 0.25) is 0 Å². The highest BCUT2D eigenvalue weighted by molar-refractivity contribution is 6.11. The zero-order valence-corrected chi connectivity index (χ0v) is 16.3. The predicted molar refractivity (Wildman–Crippen MR) is 109 cm³/mol. The van der Waals surface area contributed by atoms with Gasteiger partial charge in [0.25, 0.3) is 5.56 Å². The summed E-state index contributed by atoms with van der Waals surface area (Å²) in [7, 11) is 0. The lowest BCUT2D eigenvalue weighted by molar-refractivity contribution is -0.137. The highest BCUT2D eigenvalue weighted by atomic mass is 19.4. The zero-order valence-electron chi connectivity index (χ0n) is 16.3. The topological polar surface area (TPSA) is 94.5 Å². The van der Waals surface area contributed by atoms with E-state index in [1.807, 2.05) is 6.92 Å². The fourth-order valence-electron chi connectivity index (χ4n) is 2.88. The number of nitrogens with two attached hydrogens (primary N) is 1. The number of aliphatic imine (C=N–C) groups is 1. The van der Waals surface area contributed by atoms with E-state index in [9.17, 15) is 18.0 Å². The lowest BCUT2D eigenvalue weighted by atomic mass is 10.0. The number of aromatic nitrogens is 2. The second kappa shape index (κ2) is 9.12. The van der Waals surface area contributed by atoms with E-state index in [1.54, 1.807) is 6.20 Å². The maximum absolute atomic E-state index is 13.7. The van der Waals surface area contributed by atoms with E-state index < -0.39 is 11.7 Å². The van der Waals surface area contributed by atoms with Gasteiger partial charge in [-0.1, -0.05) is 6.92 Å². The van der Waals surface area contributed by atoms with E-state index in [1.165, 1.54) is 22.9 Å². The van der Waals surface area contributed by atoms with Gasteiger partial charge >= 0.3 is 6.18 Å². The summed E-state index contributed by atoms with van der Waals surface area (Å²) < 4.78 is 47.5. The van der Waals surface area contributed by atoms with Crippen molar-refractivity contribution in [3.63, 3.8) is 0 Å². The molecule has 3 rings (SSSR count). The van der Waals surface area contributed by atoms with Gasteiger partial charge in [-0.3, -0.25) is 9.79 Å². The Bertz CT molecular complexity index is 1010. The number of nitrogens with one attached hydrogen (secondary N) is 1. The SMILES string of the molecule is CCCn1cc(N=CC(=CN)c2cnc(NC3COC3)cc2C(F)(F)F)ccc1=O. The van der Waals surface area contributed by atoms with Crippen LogP contribution in [0.15, 0.2) is 46.6 Å². The molecule has 1 fully saturated rings. The van der Waals surface area contributed by atoms with Crippen molar-refractivity contribution in [2.24, 2.45) is 10.7 Å². The summed E-state index contributed by atoms with van der Waals surface area (Å²) in [5.41, 5.74) is 4.84. The number of hydrogen-bond donors (Lipinski definition) is 2. The van der Waals surface area contributed by atoms with Crippen molar-refractivity contribution < 1.29 is 17.9 Å².